The van der Waals surface area contributed by atoms with Crippen molar-refractivity contribution in [2.24, 2.45) is 5.73 Å². The lowest BCUT2D eigenvalue weighted by molar-refractivity contribution is -0.142. The molecule has 0 aliphatic rings. The molecule has 1 rings (SSSR count). The van der Waals surface area contributed by atoms with Crippen LogP contribution < -0.4 is 11.1 Å². The molecule has 0 aliphatic heterocycles. The molecule has 0 heterocycles. The van der Waals surface area contributed by atoms with Crippen molar-refractivity contribution in [3.63, 3.8) is 0 Å². The number of nitrogens with two attached hydrogens (primary N) is 1. The van der Waals surface area contributed by atoms with Crippen LogP contribution in [0.25, 0.3) is 0 Å². The van der Waals surface area contributed by atoms with Crippen LogP contribution in [0.5, 0.6) is 0 Å². The number of carbonyl (C=O) groups excluding carboxylic acids is 1. The molecule has 1 amide bonds. The maximum absolute atomic E-state index is 10.9. The highest BCUT2D eigenvalue weighted by Crippen LogP contribution is 2.14. The summed E-state index contributed by atoms with van der Waals surface area (Å²) in [5.41, 5.74) is 5.85. The summed E-state index contributed by atoms with van der Waals surface area (Å²) in [6.45, 7) is 2.90. The first-order valence-corrected chi connectivity index (χ1v) is 5.20. The number of rotatable bonds is 4. The third-order valence-electron chi connectivity index (χ3n) is 2.33. The first kappa shape index (κ1) is 13.2. The van der Waals surface area contributed by atoms with Crippen LogP contribution in [0.1, 0.15) is 19.4 Å². The van der Waals surface area contributed by atoms with Crippen LogP contribution in [0.3, 0.4) is 0 Å². The van der Waals surface area contributed by atoms with E-state index in [2.05, 4.69) is 5.32 Å². The molecular formula is C12H16N2O3. The van der Waals surface area contributed by atoms with Crippen molar-refractivity contribution in [3.05, 3.63) is 29.8 Å². The van der Waals surface area contributed by atoms with Crippen molar-refractivity contribution in [1.82, 2.24) is 0 Å². The third kappa shape index (κ3) is 3.88. The first-order chi connectivity index (χ1) is 7.81. The van der Waals surface area contributed by atoms with Crippen LogP contribution in [0.15, 0.2) is 24.3 Å². The van der Waals surface area contributed by atoms with Gasteiger partial charge in [0.05, 0.1) is 0 Å². The number of aliphatic carboxylic acids is 1. The molecule has 4 N–H and O–H groups in total. The van der Waals surface area contributed by atoms with Gasteiger partial charge in [-0.1, -0.05) is 12.1 Å². The highest BCUT2D eigenvalue weighted by atomic mass is 16.4. The molecule has 0 saturated carbocycles. The van der Waals surface area contributed by atoms with Gasteiger partial charge in [-0.15, -0.1) is 0 Å². The fraction of sp³-hybridized carbons (Fsp3) is 0.333. The van der Waals surface area contributed by atoms with E-state index in [9.17, 15) is 9.59 Å². The fourth-order valence-corrected chi connectivity index (χ4v) is 1.41. The summed E-state index contributed by atoms with van der Waals surface area (Å²) >= 11 is 0. The van der Waals surface area contributed by atoms with Gasteiger partial charge in [0.2, 0.25) is 5.91 Å². The quantitative estimate of drug-likeness (QED) is 0.726. The molecule has 0 fully saturated rings. The number of carbonyl (C=O) groups is 2. The number of carboxylic acids is 1. The Balaban J connectivity index is 2.75. The number of hydrogen-bond acceptors (Lipinski definition) is 3. The molecule has 1 atom stereocenters. The standard InChI is InChI=1S/C12H16N2O3/c1-8(15)14-10-5-3-9(4-6-10)7-12(2,13)11(16)17/h3-6H,7,13H2,1-2H3,(H,14,15)(H,16,17)/t12-/m0/s1. The molecule has 0 spiro atoms. The summed E-state index contributed by atoms with van der Waals surface area (Å²) in [5, 5.41) is 11.5. The van der Waals surface area contributed by atoms with Crippen LogP contribution in [0, 0.1) is 0 Å². The van der Waals surface area contributed by atoms with E-state index in [1.165, 1.54) is 13.8 Å². The Kier molecular flexibility index (Phi) is 3.85. The zero-order valence-corrected chi connectivity index (χ0v) is 9.86. The summed E-state index contributed by atoms with van der Waals surface area (Å²) in [6.07, 6.45) is 0.239. The van der Waals surface area contributed by atoms with Gasteiger partial charge in [0.25, 0.3) is 0 Å². The smallest absolute Gasteiger partial charge is 0.323 e. The topological polar surface area (TPSA) is 92.4 Å². The lowest BCUT2D eigenvalue weighted by atomic mass is 9.94. The molecule has 5 nitrogen and oxygen atoms in total. The number of benzene rings is 1. The monoisotopic (exact) mass is 236 g/mol. The van der Waals surface area contributed by atoms with Crippen molar-refractivity contribution in [1.29, 1.82) is 0 Å². The van der Waals surface area contributed by atoms with Gasteiger partial charge in [0.1, 0.15) is 5.54 Å². The molecule has 5 heteroatoms. The summed E-state index contributed by atoms with van der Waals surface area (Å²) in [5.74, 6) is -1.18. The van der Waals surface area contributed by atoms with Crippen molar-refractivity contribution in [2.45, 2.75) is 25.8 Å². The molecule has 0 bridgehead atoms. The zero-order chi connectivity index (χ0) is 13.1. The molecule has 17 heavy (non-hydrogen) atoms. The zero-order valence-electron chi connectivity index (χ0n) is 9.86. The summed E-state index contributed by atoms with van der Waals surface area (Å²) in [7, 11) is 0. The largest absolute Gasteiger partial charge is 0.480 e. The van der Waals surface area contributed by atoms with Gasteiger partial charge in [-0.05, 0) is 24.6 Å². The average Bonchev–Trinajstić information content (AvgIpc) is 2.19. The van der Waals surface area contributed by atoms with Crippen LogP contribution in [0.2, 0.25) is 0 Å². The van der Waals surface area contributed by atoms with E-state index in [1.54, 1.807) is 24.3 Å². The molecule has 1 aromatic carbocycles. The maximum atomic E-state index is 10.9. The number of carboxylic acid groups (broad SMARTS) is 1. The Hall–Kier alpha value is -1.88. The Bertz CT molecular complexity index is 424. The molecule has 0 saturated heterocycles. The average molecular weight is 236 g/mol. The van der Waals surface area contributed by atoms with Gasteiger partial charge in [0.15, 0.2) is 0 Å². The van der Waals surface area contributed by atoms with E-state index in [4.69, 9.17) is 10.8 Å². The number of hydrogen-bond donors (Lipinski definition) is 3. The van der Waals surface area contributed by atoms with E-state index < -0.39 is 11.5 Å². The molecule has 0 aliphatic carbocycles. The van der Waals surface area contributed by atoms with Gasteiger partial charge in [-0.25, -0.2) is 0 Å². The number of amides is 1. The Morgan fingerprint density at radius 1 is 1.35 bits per heavy atom. The molecular weight excluding hydrogens is 220 g/mol. The van der Waals surface area contributed by atoms with Crippen LogP contribution in [-0.4, -0.2) is 22.5 Å². The highest BCUT2D eigenvalue weighted by molar-refractivity contribution is 5.88. The second-order valence-corrected chi connectivity index (χ2v) is 4.28. The van der Waals surface area contributed by atoms with E-state index in [0.717, 1.165) is 5.56 Å². The van der Waals surface area contributed by atoms with Gasteiger partial charge in [-0.2, -0.15) is 0 Å². The van der Waals surface area contributed by atoms with Crippen molar-refractivity contribution in [3.8, 4) is 0 Å². The van der Waals surface area contributed by atoms with E-state index in [0.29, 0.717) is 5.69 Å². The predicted octanol–water partition coefficient (Wildman–Crippen LogP) is 0.989. The summed E-state index contributed by atoms with van der Waals surface area (Å²) in [4.78, 5) is 21.7. The van der Waals surface area contributed by atoms with E-state index in [1.807, 2.05) is 0 Å². The van der Waals surface area contributed by atoms with E-state index >= 15 is 0 Å². The highest BCUT2D eigenvalue weighted by Gasteiger charge is 2.27. The van der Waals surface area contributed by atoms with Crippen LogP contribution >= 0.6 is 0 Å². The van der Waals surface area contributed by atoms with Crippen molar-refractivity contribution >= 4 is 17.6 Å². The second-order valence-electron chi connectivity index (χ2n) is 4.28. The van der Waals surface area contributed by atoms with E-state index in [-0.39, 0.29) is 12.3 Å². The second kappa shape index (κ2) is 4.97. The van der Waals surface area contributed by atoms with Gasteiger partial charge in [0, 0.05) is 19.0 Å². The van der Waals surface area contributed by atoms with Gasteiger partial charge < -0.3 is 16.2 Å². The molecule has 0 aromatic heterocycles. The molecule has 0 unspecified atom stereocenters. The summed E-state index contributed by atoms with van der Waals surface area (Å²) in [6, 6.07) is 6.93. The lowest BCUT2D eigenvalue weighted by Crippen LogP contribution is -2.46. The van der Waals surface area contributed by atoms with Crippen LogP contribution in [0.4, 0.5) is 5.69 Å². The van der Waals surface area contributed by atoms with Crippen LogP contribution in [-0.2, 0) is 16.0 Å². The normalized spacial score (nSPS) is 13.8. The Morgan fingerprint density at radius 3 is 2.29 bits per heavy atom. The minimum atomic E-state index is -1.28. The van der Waals surface area contributed by atoms with Gasteiger partial charge in [-0.3, -0.25) is 9.59 Å². The predicted molar refractivity (Wildman–Crippen MR) is 64.7 cm³/mol. The lowest BCUT2D eigenvalue weighted by Gasteiger charge is -2.19. The Morgan fingerprint density at radius 2 is 1.88 bits per heavy atom. The van der Waals surface area contributed by atoms with Gasteiger partial charge >= 0.3 is 5.97 Å². The summed E-state index contributed by atoms with van der Waals surface area (Å²) < 4.78 is 0. The molecule has 0 radical (unpaired) electrons. The number of nitrogens with one attached hydrogen (secondary N) is 1. The Labute approximate surface area is 99.6 Å². The minimum absolute atomic E-state index is 0.146. The first-order valence-electron chi connectivity index (χ1n) is 5.20. The fourth-order valence-electron chi connectivity index (χ4n) is 1.41. The number of anilines is 1. The molecule has 1 aromatic rings. The minimum Gasteiger partial charge on any atom is -0.480 e. The SMILES string of the molecule is CC(=O)Nc1ccc(C[C@](C)(N)C(=O)O)cc1. The third-order valence-corrected chi connectivity index (χ3v) is 2.33. The molecule has 92 valence electrons. The van der Waals surface area contributed by atoms with Crippen molar-refractivity contribution in [2.75, 3.05) is 5.32 Å². The maximum Gasteiger partial charge on any atom is 0.323 e. The van der Waals surface area contributed by atoms with Crippen molar-refractivity contribution < 1.29 is 14.7 Å².